The molecule has 2 heterocycles. The van der Waals surface area contributed by atoms with E-state index in [2.05, 4.69) is 15.3 Å². The van der Waals surface area contributed by atoms with Crippen molar-refractivity contribution in [1.82, 2.24) is 9.97 Å². The number of carbonyl (C=O) groups excluding carboxylic acids is 1. The molecule has 0 aliphatic carbocycles. The lowest BCUT2D eigenvalue weighted by Crippen LogP contribution is -2.17. The molecule has 0 aliphatic heterocycles. The molecule has 2 aromatic heterocycles. The number of hydrogen-bond donors (Lipinski definition) is 1. The van der Waals surface area contributed by atoms with E-state index in [-0.39, 0.29) is 16.3 Å². The molecule has 0 aromatic carbocycles. The van der Waals surface area contributed by atoms with Gasteiger partial charge in [0.1, 0.15) is 0 Å². The van der Waals surface area contributed by atoms with Crippen LogP contribution >= 0.6 is 0 Å². The number of alkyl halides is 3. The Bertz CT molecular complexity index is 896. The zero-order valence-electron chi connectivity index (χ0n) is 12.5. The highest BCUT2D eigenvalue weighted by molar-refractivity contribution is 7.90. The van der Waals surface area contributed by atoms with E-state index in [9.17, 15) is 26.4 Å². The maximum atomic E-state index is 12.7. The highest BCUT2D eigenvalue weighted by atomic mass is 32.2. The molecule has 24 heavy (non-hydrogen) atoms. The molecule has 1 amide bonds. The van der Waals surface area contributed by atoms with Gasteiger partial charge in [-0.1, -0.05) is 0 Å². The van der Waals surface area contributed by atoms with E-state index in [1.54, 1.807) is 6.92 Å². The van der Waals surface area contributed by atoms with Gasteiger partial charge in [0, 0.05) is 24.8 Å². The first-order chi connectivity index (χ1) is 11.0. The van der Waals surface area contributed by atoms with Gasteiger partial charge in [0.2, 0.25) is 0 Å². The molecule has 0 spiro atoms. The van der Waals surface area contributed by atoms with Gasteiger partial charge in [0.15, 0.2) is 14.9 Å². The standard InChI is InChI=1S/C14H12F3N3O3S/c1-8-3-11(13(19-5-8)24(2,22)23)20-12(21)9-4-10(7-18-6-9)14(15,16)17/h3-7H,1-2H3,(H,20,21). The molecule has 2 rings (SSSR count). The maximum Gasteiger partial charge on any atom is 0.417 e. The number of nitrogens with one attached hydrogen (secondary N) is 1. The van der Waals surface area contributed by atoms with E-state index >= 15 is 0 Å². The first kappa shape index (κ1) is 17.9. The van der Waals surface area contributed by atoms with Gasteiger partial charge in [-0.05, 0) is 24.6 Å². The molecule has 128 valence electrons. The number of aromatic nitrogens is 2. The molecule has 0 unspecified atom stereocenters. The summed E-state index contributed by atoms with van der Waals surface area (Å²) in [4.78, 5) is 19.3. The van der Waals surface area contributed by atoms with Gasteiger partial charge >= 0.3 is 6.18 Å². The number of sulfone groups is 1. The number of hydrogen-bond acceptors (Lipinski definition) is 5. The summed E-state index contributed by atoms with van der Waals surface area (Å²) in [5.74, 6) is -0.925. The minimum atomic E-state index is -4.65. The zero-order chi connectivity index (χ0) is 18.1. The largest absolute Gasteiger partial charge is 0.417 e. The van der Waals surface area contributed by atoms with Crippen molar-refractivity contribution in [3.8, 4) is 0 Å². The van der Waals surface area contributed by atoms with Crippen LogP contribution in [0.1, 0.15) is 21.5 Å². The maximum absolute atomic E-state index is 12.7. The Hall–Kier alpha value is -2.49. The summed E-state index contributed by atoms with van der Waals surface area (Å²) < 4.78 is 61.4. The molecule has 1 N–H and O–H groups in total. The quantitative estimate of drug-likeness (QED) is 0.909. The predicted molar refractivity (Wildman–Crippen MR) is 79.3 cm³/mol. The summed E-state index contributed by atoms with van der Waals surface area (Å²) in [6.45, 7) is 1.63. The molecular weight excluding hydrogens is 347 g/mol. The van der Waals surface area contributed by atoms with Crippen molar-refractivity contribution in [2.24, 2.45) is 0 Å². The normalized spacial score (nSPS) is 12.0. The number of anilines is 1. The van der Waals surface area contributed by atoms with Gasteiger partial charge in [0.05, 0.1) is 16.8 Å². The van der Waals surface area contributed by atoms with Crippen molar-refractivity contribution in [3.05, 3.63) is 47.4 Å². The van der Waals surface area contributed by atoms with Crippen LogP contribution in [-0.2, 0) is 16.0 Å². The summed E-state index contributed by atoms with van der Waals surface area (Å²) in [5.41, 5.74) is -0.980. The van der Waals surface area contributed by atoms with E-state index in [4.69, 9.17) is 0 Å². The average Bonchev–Trinajstić information content (AvgIpc) is 2.45. The molecule has 0 saturated carbocycles. The average molecular weight is 359 g/mol. The van der Waals surface area contributed by atoms with Crippen LogP contribution in [0.5, 0.6) is 0 Å². The van der Waals surface area contributed by atoms with Crippen molar-refractivity contribution >= 4 is 21.4 Å². The smallest absolute Gasteiger partial charge is 0.319 e. The third-order valence-corrected chi connectivity index (χ3v) is 3.94. The molecule has 10 heteroatoms. The Balaban J connectivity index is 2.39. The number of aryl methyl sites for hydroxylation is 1. The van der Waals surface area contributed by atoms with Crippen molar-refractivity contribution in [3.63, 3.8) is 0 Å². The number of nitrogens with zero attached hydrogens (tertiary/aromatic N) is 2. The number of carbonyl (C=O) groups is 1. The van der Waals surface area contributed by atoms with Crippen molar-refractivity contribution in [2.45, 2.75) is 18.1 Å². The number of halogens is 3. The summed E-state index contributed by atoms with van der Waals surface area (Å²) >= 11 is 0. The number of rotatable bonds is 3. The minimum absolute atomic E-state index is 0.111. The summed E-state index contributed by atoms with van der Waals surface area (Å²) in [5, 5.41) is 1.89. The highest BCUT2D eigenvalue weighted by Gasteiger charge is 2.31. The van der Waals surface area contributed by atoms with E-state index < -0.39 is 27.5 Å². The third-order valence-electron chi connectivity index (χ3n) is 2.92. The SMILES string of the molecule is Cc1cnc(S(C)(=O)=O)c(NC(=O)c2cncc(C(F)(F)F)c2)c1. The fourth-order valence-corrected chi connectivity index (χ4v) is 2.61. The second-order valence-corrected chi connectivity index (χ2v) is 6.98. The van der Waals surface area contributed by atoms with Crippen molar-refractivity contribution in [2.75, 3.05) is 11.6 Å². The molecule has 0 atom stereocenters. The Morgan fingerprint density at radius 2 is 1.83 bits per heavy atom. The van der Waals surface area contributed by atoms with E-state index in [1.807, 2.05) is 0 Å². The topological polar surface area (TPSA) is 89.0 Å². The van der Waals surface area contributed by atoms with E-state index in [0.717, 1.165) is 12.5 Å². The van der Waals surface area contributed by atoms with Gasteiger partial charge in [-0.2, -0.15) is 13.2 Å². The van der Waals surface area contributed by atoms with Crippen LogP contribution in [0.2, 0.25) is 0 Å². The molecule has 0 saturated heterocycles. The van der Waals surface area contributed by atoms with E-state index in [0.29, 0.717) is 17.8 Å². The number of pyridine rings is 2. The van der Waals surface area contributed by atoms with Crippen LogP contribution in [0.4, 0.5) is 18.9 Å². The summed E-state index contributed by atoms with van der Waals surface area (Å²) in [6.07, 6.45) is -0.892. The third kappa shape index (κ3) is 4.07. The molecule has 0 radical (unpaired) electrons. The van der Waals surface area contributed by atoms with Gasteiger partial charge < -0.3 is 5.32 Å². The molecule has 6 nitrogen and oxygen atoms in total. The molecule has 0 fully saturated rings. The molecule has 0 bridgehead atoms. The number of amides is 1. The Labute approximate surface area is 135 Å². The van der Waals surface area contributed by atoms with Crippen molar-refractivity contribution < 1.29 is 26.4 Å². The summed E-state index contributed by atoms with van der Waals surface area (Å²) in [7, 11) is -3.73. The lowest BCUT2D eigenvalue weighted by molar-refractivity contribution is -0.137. The van der Waals surface area contributed by atoms with Gasteiger partial charge in [0.25, 0.3) is 5.91 Å². The monoisotopic (exact) mass is 359 g/mol. The lowest BCUT2D eigenvalue weighted by Gasteiger charge is -2.11. The van der Waals surface area contributed by atoms with Crippen LogP contribution in [0.3, 0.4) is 0 Å². The first-order valence-electron chi connectivity index (χ1n) is 6.49. The molecule has 0 aliphatic rings. The van der Waals surface area contributed by atoms with Crippen LogP contribution in [0.15, 0.2) is 35.7 Å². The Morgan fingerprint density at radius 3 is 2.42 bits per heavy atom. The van der Waals surface area contributed by atoms with E-state index in [1.165, 1.54) is 12.3 Å². The predicted octanol–water partition coefficient (Wildman–Crippen LogP) is 2.46. The second kappa shape index (κ2) is 6.19. The van der Waals surface area contributed by atoms with Gasteiger partial charge in [-0.3, -0.25) is 9.78 Å². The van der Waals surface area contributed by atoms with Crippen LogP contribution in [0.25, 0.3) is 0 Å². The highest BCUT2D eigenvalue weighted by Crippen LogP contribution is 2.29. The molecular formula is C14H12F3N3O3S. The summed E-state index contributed by atoms with van der Waals surface area (Å²) in [6, 6.07) is 1.99. The van der Waals surface area contributed by atoms with Crippen LogP contribution in [-0.4, -0.2) is 30.5 Å². The van der Waals surface area contributed by atoms with Crippen LogP contribution in [0, 0.1) is 6.92 Å². The van der Waals surface area contributed by atoms with Crippen LogP contribution < -0.4 is 5.32 Å². The Morgan fingerprint density at radius 1 is 1.17 bits per heavy atom. The second-order valence-electron chi connectivity index (χ2n) is 5.05. The zero-order valence-corrected chi connectivity index (χ0v) is 13.4. The van der Waals surface area contributed by atoms with Gasteiger partial charge in [-0.25, -0.2) is 13.4 Å². The first-order valence-corrected chi connectivity index (χ1v) is 8.38. The lowest BCUT2D eigenvalue weighted by atomic mass is 10.2. The fourth-order valence-electron chi connectivity index (χ4n) is 1.86. The Kier molecular flexibility index (Phi) is 4.61. The van der Waals surface area contributed by atoms with Gasteiger partial charge in [-0.15, -0.1) is 0 Å². The minimum Gasteiger partial charge on any atom is -0.319 e. The van der Waals surface area contributed by atoms with Crippen molar-refractivity contribution in [1.29, 1.82) is 0 Å². The fraction of sp³-hybridized carbons (Fsp3) is 0.214. The molecule has 2 aromatic rings.